The molecule has 0 bridgehead atoms. The molecule has 2 aliphatic rings. The third-order valence-electron chi connectivity index (χ3n) is 6.67. The van der Waals surface area contributed by atoms with Gasteiger partial charge < -0.3 is 23.8 Å². The SMILES string of the molecule is COc1ccc2c(c1)C(=O)CC1(CCN(C(=O)COc3ccc(OC)cc3C(C)(C)C)CC1)O2. The lowest BCUT2D eigenvalue weighted by molar-refractivity contribution is -0.137. The fourth-order valence-electron chi connectivity index (χ4n) is 4.62. The summed E-state index contributed by atoms with van der Waals surface area (Å²) in [5.41, 5.74) is 0.828. The summed E-state index contributed by atoms with van der Waals surface area (Å²) in [4.78, 5) is 27.5. The molecule has 0 saturated carbocycles. The van der Waals surface area contributed by atoms with Crippen molar-refractivity contribution >= 4 is 11.7 Å². The number of ether oxygens (including phenoxy) is 4. The molecule has 1 fully saturated rings. The predicted molar refractivity (Wildman–Crippen MR) is 128 cm³/mol. The number of ketones is 1. The Balaban J connectivity index is 1.38. The van der Waals surface area contributed by atoms with E-state index in [-0.39, 0.29) is 23.7 Å². The van der Waals surface area contributed by atoms with Crippen molar-refractivity contribution in [2.75, 3.05) is 33.9 Å². The van der Waals surface area contributed by atoms with E-state index in [1.165, 1.54) is 0 Å². The summed E-state index contributed by atoms with van der Waals surface area (Å²) in [5.74, 6) is 2.65. The number of carbonyl (C=O) groups is 2. The lowest BCUT2D eigenvalue weighted by Crippen LogP contribution is -2.53. The van der Waals surface area contributed by atoms with E-state index in [1.54, 1.807) is 37.3 Å². The number of fused-ring (bicyclic) bond motifs is 1. The molecule has 0 atom stereocenters. The summed E-state index contributed by atoms with van der Waals surface area (Å²) in [6.45, 7) is 7.30. The minimum absolute atomic E-state index is 0.0369. The number of Topliss-reactive ketones (excluding diaryl/α,β-unsaturated/α-hetero) is 1. The van der Waals surface area contributed by atoms with Gasteiger partial charge in [-0.3, -0.25) is 9.59 Å². The van der Waals surface area contributed by atoms with Crippen molar-refractivity contribution in [3.05, 3.63) is 47.5 Å². The number of rotatable bonds is 5. The number of hydrogen-bond donors (Lipinski definition) is 0. The van der Waals surface area contributed by atoms with Crippen molar-refractivity contribution in [1.82, 2.24) is 4.90 Å². The molecule has 34 heavy (non-hydrogen) atoms. The van der Waals surface area contributed by atoms with Crippen LogP contribution in [0.25, 0.3) is 0 Å². The van der Waals surface area contributed by atoms with Gasteiger partial charge in [0.1, 0.15) is 28.6 Å². The normalized spacial score (nSPS) is 17.1. The first-order valence-electron chi connectivity index (χ1n) is 11.6. The molecule has 7 heteroatoms. The van der Waals surface area contributed by atoms with Crippen LogP contribution in [-0.4, -0.2) is 56.1 Å². The van der Waals surface area contributed by atoms with E-state index in [9.17, 15) is 9.59 Å². The monoisotopic (exact) mass is 467 g/mol. The second-order valence-electron chi connectivity index (χ2n) is 10.0. The molecule has 0 aromatic heterocycles. The fourth-order valence-corrected chi connectivity index (χ4v) is 4.62. The summed E-state index contributed by atoms with van der Waals surface area (Å²) < 4.78 is 22.8. The zero-order valence-electron chi connectivity index (χ0n) is 20.6. The van der Waals surface area contributed by atoms with Crippen molar-refractivity contribution in [3.63, 3.8) is 0 Å². The van der Waals surface area contributed by atoms with Crippen molar-refractivity contribution < 1.29 is 28.5 Å². The van der Waals surface area contributed by atoms with Gasteiger partial charge in [-0.05, 0) is 41.8 Å². The Labute approximate surface area is 200 Å². The standard InChI is InChI=1S/C27H33NO6/c1-26(2,3)21-15-19(32-5)7-9-24(21)33-17-25(30)28-12-10-27(11-13-28)16-22(29)20-14-18(31-4)6-8-23(20)34-27/h6-9,14-15H,10-13,16-17H2,1-5H3. The van der Waals surface area contributed by atoms with Gasteiger partial charge in [0.25, 0.3) is 5.91 Å². The zero-order chi connectivity index (χ0) is 24.5. The Kier molecular flexibility index (Phi) is 6.47. The molecule has 2 aromatic carbocycles. The molecule has 0 unspecified atom stereocenters. The van der Waals surface area contributed by atoms with Crippen LogP contribution >= 0.6 is 0 Å². The number of amides is 1. The molecule has 2 aromatic rings. The Morgan fingerprint density at radius 1 is 1.03 bits per heavy atom. The van der Waals surface area contributed by atoms with E-state index in [0.717, 1.165) is 11.3 Å². The van der Waals surface area contributed by atoms with Crippen molar-refractivity contribution in [3.8, 4) is 23.0 Å². The Morgan fingerprint density at radius 2 is 1.68 bits per heavy atom. The molecule has 1 amide bonds. The predicted octanol–water partition coefficient (Wildman–Crippen LogP) is 4.41. The first kappa shape index (κ1) is 23.9. The average molecular weight is 468 g/mol. The van der Waals surface area contributed by atoms with Gasteiger partial charge in [-0.15, -0.1) is 0 Å². The first-order chi connectivity index (χ1) is 16.1. The highest BCUT2D eigenvalue weighted by Gasteiger charge is 2.43. The maximum Gasteiger partial charge on any atom is 0.260 e. The molecule has 1 spiro atoms. The lowest BCUT2D eigenvalue weighted by Gasteiger charge is -2.44. The van der Waals surface area contributed by atoms with E-state index in [2.05, 4.69) is 20.8 Å². The third kappa shape index (κ3) is 4.83. The molecule has 0 aliphatic carbocycles. The molecule has 7 nitrogen and oxygen atoms in total. The van der Waals surface area contributed by atoms with Crippen LogP contribution < -0.4 is 18.9 Å². The number of hydrogen-bond acceptors (Lipinski definition) is 6. The number of benzene rings is 2. The smallest absolute Gasteiger partial charge is 0.260 e. The van der Waals surface area contributed by atoms with E-state index < -0.39 is 5.60 Å². The quantitative estimate of drug-likeness (QED) is 0.649. The average Bonchev–Trinajstić information content (AvgIpc) is 2.82. The number of nitrogens with zero attached hydrogens (tertiary/aromatic N) is 1. The summed E-state index contributed by atoms with van der Waals surface area (Å²) in [7, 11) is 3.21. The molecule has 182 valence electrons. The maximum atomic E-state index is 12.9. The first-order valence-corrected chi connectivity index (χ1v) is 11.6. The fraction of sp³-hybridized carbons (Fsp3) is 0.481. The zero-order valence-corrected chi connectivity index (χ0v) is 20.6. The third-order valence-corrected chi connectivity index (χ3v) is 6.67. The summed E-state index contributed by atoms with van der Waals surface area (Å²) >= 11 is 0. The second-order valence-corrected chi connectivity index (χ2v) is 10.0. The number of carbonyl (C=O) groups excluding carboxylic acids is 2. The van der Waals surface area contributed by atoms with Crippen LogP contribution in [0.3, 0.4) is 0 Å². The van der Waals surface area contributed by atoms with Gasteiger partial charge in [-0.2, -0.15) is 0 Å². The molecule has 4 rings (SSSR count). The Hall–Kier alpha value is -3.22. The minimum Gasteiger partial charge on any atom is -0.497 e. The summed E-state index contributed by atoms with van der Waals surface area (Å²) in [6, 6.07) is 11.0. The van der Waals surface area contributed by atoms with Gasteiger partial charge >= 0.3 is 0 Å². The summed E-state index contributed by atoms with van der Waals surface area (Å²) in [6.07, 6.45) is 1.52. The molecule has 1 saturated heterocycles. The summed E-state index contributed by atoms with van der Waals surface area (Å²) in [5, 5.41) is 0. The van der Waals surface area contributed by atoms with Crippen LogP contribution in [0.2, 0.25) is 0 Å². The highest BCUT2D eigenvalue weighted by molar-refractivity contribution is 6.00. The molecule has 2 heterocycles. The van der Waals surface area contributed by atoms with Crippen molar-refractivity contribution in [1.29, 1.82) is 0 Å². The van der Waals surface area contributed by atoms with Crippen LogP contribution in [-0.2, 0) is 10.2 Å². The van der Waals surface area contributed by atoms with Gasteiger partial charge in [-0.25, -0.2) is 0 Å². The van der Waals surface area contributed by atoms with E-state index in [1.807, 2.05) is 18.2 Å². The maximum absolute atomic E-state index is 12.9. The number of methoxy groups -OCH3 is 2. The van der Waals surface area contributed by atoms with Crippen LogP contribution in [0.5, 0.6) is 23.0 Å². The lowest BCUT2D eigenvalue weighted by atomic mass is 9.82. The number of piperidine rings is 1. The van der Waals surface area contributed by atoms with E-state index >= 15 is 0 Å². The minimum atomic E-state index is -0.564. The molecule has 0 radical (unpaired) electrons. The molecule has 2 aliphatic heterocycles. The van der Waals surface area contributed by atoms with Crippen molar-refractivity contribution in [2.45, 2.75) is 51.0 Å². The van der Waals surface area contributed by atoms with Crippen LogP contribution in [0.15, 0.2) is 36.4 Å². The Morgan fingerprint density at radius 3 is 2.32 bits per heavy atom. The van der Waals surface area contributed by atoms with Gasteiger partial charge in [0.2, 0.25) is 0 Å². The van der Waals surface area contributed by atoms with Gasteiger partial charge in [-0.1, -0.05) is 20.8 Å². The van der Waals surface area contributed by atoms with Crippen LogP contribution in [0.1, 0.15) is 56.0 Å². The highest BCUT2D eigenvalue weighted by atomic mass is 16.5. The van der Waals surface area contributed by atoms with E-state index in [4.69, 9.17) is 18.9 Å². The molecular formula is C27H33NO6. The second kappa shape index (κ2) is 9.20. The van der Waals surface area contributed by atoms with Crippen LogP contribution in [0.4, 0.5) is 0 Å². The highest BCUT2D eigenvalue weighted by Crippen LogP contribution is 2.40. The Bertz CT molecular complexity index is 1080. The van der Waals surface area contributed by atoms with Gasteiger partial charge in [0.05, 0.1) is 26.2 Å². The largest absolute Gasteiger partial charge is 0.497 e. The topological polar surface area (TPSA) is 74.3 Å². The van der Waals surface area contributed by atoms with Gasteiger partial charge in [0.15, 0.2) is 12.4 Å². The van der Waals surface area contributed by atoms with Crippen molar-refractivity contribution in [2.24, 2.45) is 0 Å². The van der Waals surface area contributed by atoms with E-state index in [0.29, 0.717) is 55.2 Å². The number of likely N-dealkylation sites (tertiary alicyclic amines) is 1. The molecular weight excluding hydrogens is 434 g/mol. The van der Waals surface area contributed by atoms with Gasteiger partial charge in [0, 0.05) is 31.5 Å². The molecule has 0 N–H and O–H groups in total. The van der Waals surface area contributed by atoms with Crippen LogP contribution in [0, 0.1) is 0 Å².